The zero-order chi connectivity index (χ0) is 16.4. The summed E-state index contributed by atoms with van der Waals surface area (Å²) >= 11 is 13.3. The predicted octanol–water partition coefficient (Wildman–Crippen LogP) is 4.59. The van der Waals surface area contributed by atoms with E-state index < -0.39 is 0 Å². The molecule has 1 aromatic carbocycles. The lowest BCUT2D eigenvalue weighted by atomic mass is 10.2. The lowest BCUT2D eigenvalue weighted by molar-refractivity contribution is 0.101. The maximum Gasteiger partial charge on any atom is 0.275 e. The number of halogens is 2. The molecule has 0 aliphatic carbocycles. The molecule has 0 fully saturated rings. The Morgan fingerprint density at radius 3 is 2.87 bits per heavy atom. The van der Waals surface area contributed by atoms with Crippen LogP contribution in [-0.2, 0) is 6.54 Å². The van der Waals surface area contributed by atoms with Crippen molar-refractivity contribution in [2.45, 2.75) is 13.5 Å². The molecule has 0 unspecified atom stereocenters. The first-order chi connectivity index (χ1) is 11.1. The number of nitrogens with zero attached hydrogens (tertiary/aromatic N) is 3. The van der Waals surface area contributed by atoms with Gasteiger partial charge in [0, 0.05) is 23.7 Å². The molecular formula is C15H12Cl2N4OS. The molecule has 0 atom stereocenters. The van der Waals surface area contributed by atoms with Gasteiger partial charge in [0.05, 0.1) is 15.7 Å². The van der Waals surface area contributed by atoms with Crippen LogP contribution in [0.3, 0.4) is 0 Å². The van der Waals surface area contributed by atoms with E-state index in [4.69, 9.17) is 23.2 Å². The van der Waals surface area contributed by atoms with Crippen LogP contribution in [0.1, 0.15) is 17.4 Å². The van der Waals surface area contributed by atoms with E-state index >= 15 is 0 Å². The average molecular weight is 367 g/mol. The summed E-state index contributed by atoms with van der Waals surface area (Å²) in [6.07, 6.45) is 1.60. The van der Waals surface area contributed by atoms with E-state index in [1.165, 1.54) is 11.3 Å². The molecule has 0 saturated heterocycles. The van der Waals surface area contributed by atoms with E-state index in [-0.39, 0.29) is 5.91 Å². The monoisotopic (exact) mass is 366 g/mol. The second kappa shape index (κ2) is 6.70. The average Bonchev–Trinajstić information content (AvgIpc) is 3.18. The van der Waals surface area contributed by atoms with E-state index in [1.807, 2.05) is 18.4 Å². The van der Waals surface area contributed by atoms with Crippen molar-refractivity contribution < 1.29 is 4.79 Å². The molecule has 0 bridgehead atoms. The highest BCUT2D eigenvalue weighted by molar-refractivity contribution is 7.14. The van der Waals surface area contributed by atoms with Gasteiger partial charge in [-0.1, -0.05) is 29.3 Å². The molecule has 1 amide bonds. The number of amides is 1. The van der Waals surface area contributed by atoms with Crippen LogP contribution in [0.2, 0.25) is 10.0 Å². The van der Waals surface area contributed by atoms with E-state index in [0.29, 0.717) is 27.4 Å². The van der Waals surface area contributed by atoms with Crippen LogP contribution in [0.4, 0.5) is 5.13 Å². The van der Waals surface area contributed by atoms with Crippen LogP contribution in [0, 0.1) is 0 Å². The fourth-order valence-electron chi connectivity index (χ4n) is 2.06. The number of nitrogens with one attached hydrogen (secondary N) is 1. The van der Waals surface area contributed by atoms with Gasteiger partial charge in [0.15, 0.2) is 5.13 Å². The van der Waals surface area contributed by atoms with E-state index in [1.54, 1.807) is 29.1 Å². The highest BCUT2D eigenvalue weighted by Gasteiger charge is 2.14. The summed E-state index contributed by atoms with van der Waals surface area (Å²) in [6.45, 7) is 2.55. The van der Waals surface area contributed by atoms with Crippen molar-refractivity contribution >= 4 is 45.6 Å². The molecule has 0 radical (unpaired) electrons. The number of benzene rings is 1. The number of hydrogen-bond acceptors (Lipinski definition) is 4. The van der Waals surface area contributed by atoms with Gasteiger partial charge in [-0.05, 0) is 25.1 Å². The Morgan fingerprint density at radius 1 is 1.30 bits per heavy atom. The predicted molar refractivity (Wildman–Crippen MR) is 93.4 cm³/mol. The number of aromatic nitrogens is 3. The van der Waals surface area contributed by atoms with Crippen molar-refractivity contribution in [3.63, 3.8) is 0 Å². The second-order valence-electron chi connectivity index (χ2n) is 4.65. The number of thiazole rings is 1. The quantitative estimate of drug-likeness (QED) is 0.734. The molecular weight excluding hydrogens is 355 g/mol. The molecule has 3 rings (SSSR count). The van der Waals surface area contributed by atoms with Crippen LogP contribution < -0.4 is 5.32 Å². The third kappa shape index (κ3) is 3.39. The minimum Gasteiger partial charge on any atom is -0.296 e. The Balaban J connectivity index is 1.79. The van der Waals surface area contributed by atoms with Gasteiger partial charge in [0.2, 0.25) is 0 Å². The summed E-state index contributed by atoms with van der Waals surface area (Å²) in [4.78, 5) is 16.7. The number of carbonyl (C=O) groups excluding carboxylic acids is 1. The van der Waals surface area contributed by atoms with Gasteiger partial charge < -0.3 is 0 Å². The Morgan fingerprint density at radius 2 is 2.13 bits per heavy atom. The van der Waals surface area contributed by atoms with Crippen molar-refractivity contribution in [3.05, 3.63) is 51.6 Å². The maximum absolute atomic E-state index is 12.3. The summed E-state index contributed by atoms with van der Waals surface area (Å²) in [7, 11) is 0. The first kappa shape index (κ1) is 16.0. The Kier molecular flexibility index (Phi) is 4.66. The fraction of sp³-hybridized carbons (Fsp3) is 0.133. The van der Waals surface area contributed by atoms with Crippen LogP contribution in [0.15, 0.2) is 35.8 Å². The first-order valence-corrected chi connectivity index (χ1v) is 8.46. The molecule has 118 valence electrons. The zero-order valence-corrected chi connectivity index (χ0v) is 14.4. The molecule has 2 aromatic heterocycles. The van der Waals surface area contributed by atoms with Gasteiger partial charge in [-0.2, -0.15) is 5.10 Å². The molecule has 5 nitrogen and oxygen atoms in total. The van der Waals surface area contributed by atoms with Gasteiger partial charge in [-0.15, -0.1) is 11.3 Å². The molecule has 8 heteroatoms. The minimum atomic E-state index is -0.237. The molecule has 0 aliphatic rings. The number of anilines is 1. The summed E-state index contributed by atoms with van der Waals surface area (Å²) in [5, 5.41) is 10.2. The SMILES string of the molecule is CCn1nccc1C(=O)Nc1nc(-c2ccc(Cl)c(Cl)c2)cs1. The summed E-state index contributed by atoms with van der Waals surface area (Å²) < 4.78 is 1.63. The number of carbonyl (C=O) groups is 1. The second-order valence-corrected chi connectivity index (χ2v) is 6.33. The van der Waals surface area contributed by atoms with Gasteiger partial charge in [-0.3, -0.25) is 14.8 Å². The smallest absolute Gasteiger partial charge is 0.275 e. The highest BCUT2D eigenvalue weighted by atomic mass is 35.5. The van der Waals surface area contributed by atoms with Gasteiger partial charge in [-0.25, -0.2) is 4.98 Å². The Labute approximate surface area is 146 Å². The first-order valence-electron chi connectivity index (χ1n) is 6.82. The van der Waals surface area contributed by atoms with Gasteiger partial charge in [0.25, 0.3) is 5.91 Å². The maximum atomic E-state index is 12.3. The molecule has 3 aromatic rings. The number of rotatable bonds is 4. The van der Waals surface area contributed by atoms with E-state index in [0.717, 1.165) is 11.3 Å². The molecule has 0 spiro atoms. The van der Waals surface area contributed by atoms with Gasteiger partial charge in [0.1, 0.15) is 5.69 Å². The highest BCUT2D eigenvalue weighted by Crippen LogP contribution is 2.30. The van der Waals surface area contributed by atoms with Crippen molar-refractivity contribution in [2.24, 2.45) is 0 Å². The molecule has 23 heavy (non-hydrogen) atoms. The van der Waals surface area contributed by atoms with Gasteiger partial charge >= 0.3 is 0 Å². The fourth-order valence-corrected chi connectivity index (χ4v) is 3.07. The Hall–Kier alpha value is -1.89. The lowest BCUT2D eigenvalue weighted by Crippen LogP contribution is -2.17. The molecule has 0 saturated carbocycles. The topological polar surface area (TPSA) is 59.8 Å². The van der Waals surface area contributed by atoms with Crippen LogP contribution in [-0.4, -0.2) is 20.7 Å². The lowest BCUT2D eigenvalue weighted by Gasteiger charge is -2.04. The minimum absolute atomic E-state index is 0.237. The van der Waals surface area contributed by atoms with Crippen LogP contribution >= 0.6 is 34.5 Å². The zero-order valence-electron chi connectivity index (χ0n) is 12.1. The normalized spacial score (nSPS) is 10.7. The summed E-state index contributed by atoms with van der Waals surface area (Å²) in [6, 6.07) is 6.97. The van der Waals surface area contributed by atoms with Crippen molar-refractivity contribution in [2.75, 3.05) is 5.32 Å². The van der Waals surface area contributed by atoms with Crippen LogP contribution in [0.25, 0.3) is 11.3 Å². The molecule has 2 heterocycles. The third-order valence-corrected chi connectivity index (χ3v) is 4.69. The number of hydrogen-bond donors (Lipinski definition) is 1. The third-order valence-electron chi connectivity index (χ3n) is 3.19. The van der Waals surface area contributed by atoms with Crippen molar-refractivity contribution in [1.82, 2.24) is 14.8 Å². The van der Waals surface area contributed by atoms with E-state index in [2.05, 4.69) is 15.4 Å². The summed E-state index contributed by atoms with van der Waals surface area (Å²) in [5.41, 5.74) is 2.07. The largest absolute Gasteiger partial charge is 0.296 e. The molecule has 0 aliphatic heterocycles. The molecule has 1 N–H and O–H groups in total. The summed E-state index contributed by atoms with van der Waals surface area (Å²) in [5.74, 6) is -0.237. The van der Waals surface area contributed by atoms with Crippen LogP contribution in [0.5, 0.6) is 0 Å². The van der Waals surface area contributed by atoms with E-state index in [9.17, 15) is 4.79 Å². The Bertz CT molecular complexity index is 859. The standard InChI is InChI=1S/C15H12Cl2N4OS/c1-2-21-13(5-6-18-21)14(22)20-15-19-12(8-23-15)9-3-4-10(16)11(17)7-9/h3-8H,2H2,1H3,(H,19,20,22). The van der Waals surface area contributed by atoms with Crippen molar-refractivity contribution in [1.29, 1.82) is 0 Å². The van der Waals surface area contributed by atoms with Crippen molar-refractivity contribution in [3.8, 4) is 11.3 Å². The number of aryl methyl sites for hydroxylation is 1.